The Morgan fingerprint density at radius 2 is 2.14 bits per heavy atom. The molecule has 1 aliphatic rings. The molecular weight excluding hydrogens is 477 g/mol. The second-order valence-electron chi connectivity index (χ2n) is 7.63. The fraction of sp³-hybridized carbons (Fsp3) is 0.545. The topological polar surface area (TPSA) is 72.5 Å². The van der Waals surface area contributed by atoms with Crippen LogP contribution in [0.15, 0.2) is 35.5 Å². The van der Waals surface area contributed by atoms with Gasteiger partial charge in [0.2, 0.25) is 5.91 Å². The summed E-state index contributed by atoms with van der Waals surface area (Å²) < 4.78 is 0. The largest absolute Gasteiger partial charge is 0.361 e. The van der Waals surface area contributed by atoms with E-state index in [-0.39, 0.29) is 29.9 Å². The summed E-state index contributed by atoms with van der Waals surface area (Å²) in [4.78, 5) is 22.3. The van der Waals surface area contributed by atoms with Crippen molar-refractivity contribution in [2.75, 3.05) is 32.7 Å². The molecule has 2 heterocycles. The van der Waals surface area contributed by atoms with Crippen LogP contribution in [0.1, 0.15) is 38.7 Å². The van der Waals surface area contributed by atoms with E-state index in [1.807, 2.05) is 11.0 Å². The molecule has 0 saturated carbocycles. The molecule has 3 N–H and O–H groups in total. The average Bonchev–Trinajstić information content (AvgIpc) is 3.11. The number of para-hydroxylation sites is 1. The number of amides is 1. The number of rotatable bonds is 7. The summed E-state index contributed by atoms with van der Waals surface area (Å²) in [6, 6.07) is 8.35. The van der Waals surface area contributed by atoms with Gasteiger partial charge in [-0.15, -0.1) is 24.0 Å². The number of carbonyl (C=O) groups is 1. The van der Waals surface area contributed by atoms with Gasteiger partial charge in [-0.05, 0) is 43.7 Å². The van der Waals surface area contributed by atoms with Gasteiger partial charge in [0.05, 0.1) is 6.54 Å². The minimum absolute atomic E-state index is 0. The number of fused-ring (bicyclic) bond motifs is 1. The monoisotopic (exact) mass is 511 g/mol. The van der Waals surface area contributed by atoms with E-state index in [1.165, 1.54) is 22.9 Å². The van der Waals surface area contributed by atoms with E-state index in [0.29, 0.717) is 18.9 Å². The zero-order valence-electron chi connectivity index (χ0n) is 17.5. The van der Waals surface area contributed by atoms with Crippen LogP contribution in [0.2, 0.25) is 0 Å². The minimum Gasteiger partial charge on any atom is -0.361 e. The molecule has 0 aliphatic carbocycles. The maximum atomic E-state index is 12.4. The molecule has 1 saturated heterocycles. The third kappa shape index (κ3) is 6.90. The molecule has 6 nitrogen and oxygen atoms in total. The summed E-state index contributed by atoms with van der Waals surface area (Å²) >= 11 is 0. The first-order valence-corrected chi connectivity index (χ1v) is 10.5. The number of aromatic amines is 1. The number of likely N-dealkylation sites (tertiary alicyclic amines) is 1. The first-order valence-electron chi connectivity index (χ1n) is 10.5. The van der Waals surface area contributed by atoms with Gasteiger partial charge in [-0.25, -0.2) is 0 Å². The number of hydrogen-bond donors (Lipinski definition) is 3. The van der Waals surface area contributed by atoms with Crippen LogP contribution in [0.3, 0.4) is 0 Å². The molecular formula is C22H34IN5O. The Bertz CT molecular complexity index is 803. The Kier molecular flexibility index (Phi) is 9.76. The summed E-state index contributed by atoms with van der Waals surface area (Å²) in [6.45, 7) is 8.19. The lowest BCUT2D eigenvalue weighted by molar-refractivity contribution is -0.132. The van der Waals surface area contributed by atoms with Crippen molar-refractivity contribution in [2.24, 2.45) is 10.9 Å². The summed E-state index contributed by atoms with van der Waals surface area (Å²) in [5.41, 5.74) is 2.47. The Labute approximate surface area is 190 Å². The van der Waals surface area contributed by atoms with Crippen LogP contribution in [0.5, 0.6) is 0 Å². The van der Waals surface area contributed by atoms with Crippen LogP contribution < -0.4 is 10.6 Å². The SMILES string of the molecule is CCNC(=NCCC(=O)N1CCCC(C)C1)NCCc1c[nH]c2ccccc12.I. The highest BCUT2D eigenvalue weighted by Crippen LogP contribution is 2.18. The molecule has 1 fully saturated rings. The van der Waals surface area contributed by atoms with Gasteiger partial charge >= 0.3 is 0 Å². The van der Waals surface area contributed by atoms with E-state index < -0.39 is 0 Å². The molecule has 1 atom stereocenters. The molecule has 29 heavy (non-hydrogen) atoms. The lowest BCUT2D eigenvalue weighted by Gasteiger charge is -2.30. The summed E-state index contributed by atoms with van der Waals surface area (Å²) in [5, 5.41) is 7.92. The molecule has 1 aromatic carbocycles. The smallest absolute Gasteiger partial charge is 0.224 e. The molecule has 3 rings (SSSR count). The van der Waals surface area contributed by atoms with Gasteiger partial charge in [0, 0.05) is 49.7 Å². The van der Waals surface area contributed by atoms with Crippen LogP contribution in [0.4, 0.5) is 0 Å². The van der Waals surface area contributed by atoms with Crippen molar-refractivity contribution in [1.82, 2.24) is 20.5 Å². The van der Waals surface area contributed by atoms with Gasteiger partial charge in [-0.3, -0.25) is 9.79 Å². The Balaban J connectivity index is 0.00000300. The molecule has 0 bridgehead atoms. The van der Waals surface area contributed by atoms with Gasteiger partial charge in [-0.2, -0.15) is 0 Å². The van der Waals surface area contributed by atoms with Crippen molar-refractivity contribution in [1.29, 1.82) is 0 Å². The Morgan fingerprint density at radius 3 is 2.93 bits per heavy atom. The lowest BCUT2D eigenvalue weighted by Crippen LogP contribution is -2.40. The molecule has 1 aliphatic heterocycles. The second-order valence-corrected chi connectivity index (χ2v) is 7.63. The van der Waals surface area contributed by atoms with Crippen LogP contribution in [0.25, 0.3) is 10.9 Å². The van der Waals surface area contributed by atoms with Crippen LogP contribution in [0, 0.1) is 5.92 Å². The van der Waals surface area contributed by atoms with E-state index in [0.717, 1.165) is 45.0 Å². The summed E-state index contributed by atoms with van der Waals surface area (Å²) in [5.74, 6) is 1.62. The number of carbonyl (C=O) groups excluding carboxylic acids is 1. The summed E-state index contributed by atoms with van der Waals surface area (Å²) in [7, 11) is 0. The Morgan fingerprint density at radius 1 is 1.31 bits per heavy atom. The predicted octanol–water partition coefficient (Wildman–Crippen LogP) is 3.53. The van der Waals surface area contributed by atoms with E-state index in [4.69, 9.17) is 0 Å². The van der Waals surface area contributed by atoms with E-state index in [2.05, 4.69) is 58.9 Å². The normalized spacial score (nSPS) is 17.1. The van der Waals surface area contributed by atoms with Gasteiger partial charge < -0.3 is 20.5 Å². The van der Waals surface area contributed by atoms with E-state index >= 15 is 0 Å². The third-order valence-corrected chi connectivity index (χ3v) is 5.31. The molecule has 1 aromatic heterocycles. The van der Waals surface area contributed by atoms with Crippen molar-refractivity contribution >= 4 is 46.7 Å². The first kappa shape index (κ1) is 23.5. The van der Waals surface area contributed by atoms with Crippen molar-refractivity contribution in [3.8, 4) is 0 Å². The highest BCUT2D eigenvalue weighted by molar-refractivity contribution is 14.0. The number of aliphatic imine (C=N–C) groups is 1. The minimum atomic E-state index is 0. The fourth-order valence-corrected chi connectivity index (χ4v) is 3.83. The van der Waals surface area contributed by atoms with Gasteiger partial charge in [-0.1, -0.05) is 25.1 Å². The molecule has 160 valence electrons. The maximum absolute atomic E-state index is 12.4. The van der Waals surface area contributed by atoms with Crippen molar-refractivity contribution in [3.05, 3.63) is 36.0 Å². The molecule has 2 aromatic rings. The molecule has 7 heteroatoms. The highest BCUT2D eigenvalue weighted by Gasteiger charge is 2.20. The fourth-order valence-electron chi connectivity index (χ4n) is 3.83. The predicted molar refractivity (Wildman–Crippen MR) is 131 cm³/mol. The Hall–Kier alpha value is -1.77. The third-order valence-electron chi connectivity index (χ3n) is 5.31. The van der Waals surface area contributed by atoms with Crippen molar-refractivity contribution in [3.63, 3.8) is 0 Å². The average molecular weight is 511 g/mol. The zero-order chi connectivity index (χ0) is 19.8. The number of guanidine groups is 1. The number of aromatic nitrogens is 1. The number of hydrogen-bond acceptors (Lipinski definition) is 2. The highest BCUT2D eigenvalue weighted by atomic mass is 127. The number of nitrogens with one attached hydrogen (secondary N) is 3. The van der Waals surface area contributed by atoms with Gasteiger partial charge in [0.1, 0.15) is 0 Å². The van der Waals surface area contributed by atoms with Crippen molar-refractivity contribution in [2.45, 2.75) is 39.5 Å². The molecule has 0 spiro atoms. The molecule has 0 radical (unpaired) electrons. The number of piperidine rings is 1. The first-order chi connectivity index (χ1) is 13.7. The number of halogens is 1. The number of nitrogens with zero attached hydrogens (tertiary/aromatic N) is 2. The lowest BCUT2D eigenvalue weighted by atomic mass is 10.00. The standard InChI is InChI=1S/C22H33N5O.HI/c1-3-23-22(25-13-11-21(28)27-14-6-7-17(2)16-27)24-12-10-18-15-26-20-9-5-4-8-19(18)20;/h4-5,8-9,15,17,26H,3,6-7,10-14,16H2,1-2H3,(H2,23,24,25);1H. The summed E-state index contributed by atoms with van der Waals surface area (Å²) in [6.07, 6.45) is 5.82. The van der Waals surface area contributed by atoms with E-state index in [1.54, 1.807) is 0 Å². The zero-order valence-corrected chi connectivity index (χ0v) is 19.9. The van der Waals surface area contributed by atoms with Crippen LogP contribution in [-0.4, -0.2) is 54.5 Å². The quantitative estimate of drug-likeness (QED) is 0.303. The number of H-pyrrole nitrogens is 1. The number of benzene rings is 1. The molecule has 1 unspecified atom stereocenters. The van der Waals surface area contributed by atoms with Crippen molar-refractivity contribution < 1.29 is 4.79 Å². The van der Waals surface area contributed by atoms with Gasteiger partial charge in [0.25, 0.3) is 0 Å². The van der Waals surface area contributed by atoms with Crippen LogP contribution in [-0.2, 0) is 11.2 Å². The van der Waals surface area contributed by atoms with Crippen LogP contribution >= 0.6 is 24.0 Å². The van der Waals surface area contributed by atoms with E-state index in [9.17, 15) is 4.79 Å². The maximum Gasteiger partial charge on any atom is 0.224 e. The van der Waals surface area contributed by atoms with Gasteiger partial charge in [0.15, 0.2) is 5.96 Å². The molecule has 1 amide bonds. The second kappa shape index (κ2) is 12.0.